The van der Waals surface area contributed by atoms with E-state index in [-0.39, 0.29) is 24.3 Å². The van der Waals surface area contributed by atoms with Crippen LogP contribution in [0.4, 0.5) is 5.95 Å². The highest BCUT2D eigenvalue weighted by molar-refractivity contribution is 5.78. The Morgan fingerprint density at radius 2 is 1.80 bits per heavy atom. The van der Waals surface area contributed by atoms with E-state index in [2.05, 4.69) is 20.1 Å². The fourth-order valence-electron chi connectivity index (χ4n) is 2.69. The van der Waals surface area contributed by atoms with Gasteiger partial charge in [-0.05, 0) is 12.5 Å². The average molecular weight is 344 g/mol. The minimum Gasteiger partial charge on any atom is -0.367 e. The lowest BCUT2D eigenvalue weighted by atomic mass is 10.2. The summed E-state index contributed by atoms with van der Waals surface area (Å²) in [5.74, 6) is 0.166. The number of nitrogens with zero attached hydrogens (tertiary/aromatic N) is 7. The molecule has 1 aliphatic heterocycles. The maximum atomic E-state index is 12.3. The van der Waals surface area contributed by atoms with Crippen LogP contribution in [0.3, 0.4) is 0 Å². The molecule has 1 aliphatic rings. The summed E-state index contributed by atoms with van der Waals surface area (Å²) in [5, 5.41) is 3.90. The number of aryl methyl sites for hydroxylation is 1. The first-order valence-electron chi connectivity index (χ1n) is 8.07. The van der Waals surface area contributed by atoms with E-state index >= 15 is 0 Å². The lowest BCUT2D eigenvalue weighted by Gasteiger charge is -2.34. The van der Waals surface area contributed by atoms with Gasteiger partial charge in [0.15, 0.2) is 0 Å². The second-order valence-corrected chi connectivity index (χ2v) is 5.76. The quantitative estimate of drug-likeness (QED) is 0.734. The largest absolute Gasteiger partial charge is 0.367 e. The summed E-state index contributed by atoms with van der Waals surface area (Å²) in [5.41, 5.74) is 6.29. The maximum Gasteiger partial charge on any atom is 0.244 e. The van der Waals surface area contributed by atoms with Crippen LogP contribution in [0.2, 0.25) is 0 Å². The fraction of sp³-hybridized carbons (Fsp3) is 0.467. The summed E-state index contributed by atoms with van der Waals surface area (Å²) in [6.45, 7) is 2.21. The molecule has 0 aliphatic carbocycles. The molecule has 2 aromatic rings. The summed E-state index contributed by atoms with van der Waals surface area (Å²) < 4.78 is 1.41. The fourth-order valence-corrected chi connectivity index (χ4v) is 2.69. The topological polar surface area (TPSA) is 123 Å². The summed E-state index contributed by atoms with van der Waals surface area (Å²) in [6.07, 6.45) is 5.57. The molecule has 2 amide bonds. The van der Waals surface area contributed by atoms with E-state index in [0.29, 0.717) is 39.0 Å². The Balaban J connectivity index is 1.43. The Bertz CT molecular complexity index is 724. The number of hydrogen-bond donors (Lipinski definition) is 1. The lowest BCUT2D eigenvalue weighted by molar-refractivity contribution is -0.140. The van der Waals surface area contributed by atoms with Crippen LogP contribution < -0.4 is 5.73 Å². The minimum atomic E-state index is -0.0574. The Kier molecular flexibility index (Phi) is 5.17. The molecule has 3 heterocycles. The molecular formula is C15H20N8O2. The third-order valence-corrected chi connectivity index (χ3v) is 4.07. The van der Waals surface area contributed by atoms with Gasteiger partial charge in [-0.3, -0.25) is 9.59 Å². The van der Waals surface area contributed by atoms with Crippen molar-refractivity contribution >= 4 is 17.8 Å². The molecule has 0 radical (unpaired) electrons. The predicted molar refractivity (Wildman–Crippen MR) is 87.9 cm³/mol. The molecule has 1 fully saturated rings. The molecule has 0 saturated carbocycles. The number of rotatable bonds is 5. The average Bonchev–Trinajstić information content (AvgIpc) is 3.05. The smallest absolute Gasteiger partial charge is 0.244 e. The second-order valence-electron chi connectivity index (χ2n) is 5.76. The normalized spacial score (nSPS) is 14.6. The van der Waals surface area contributed by atoms with Gasteiger partial charge in [0.25, 0.3) is 0 Å². The summed E-state index contributed by atoms with van der Waals surface area (Å²) in [7, 11) is 0. The van der Waals surface area contributed by atoms with Gasteiger partial charge in [0, 0.05) is 44.5 Å². The van der Waals surface area contributed by atoms with Gasteiger partial charge >= 0.3 is 0 Å². The lowest BCUT2D eigenvalue weighted by Crippen LogP contribution is -2.51. The molecule has 0 spiro atoms. The van der Waals surface area contributed by atoms with Crippen LogP contribution in [0.5, 0.6) is 0 Å². The number of carbonyl (C=O) groups is 2. The number of nitrogen functional groups attached to an aromatic ring is 1. The summed E-state index contributed by atoms with van der Waals surface area (Å²) >= 11 is 0. The first kappa shape index (κ1) is 16.8. The number of hydrogen-bond acceptors (Lipinski definition) is 7. The first-order chi connectivity index (χ1) is 12.1. The van der Waals surface area contributed by atoms with Crippen molar-refractivity contribution in [3.8, 4) is 0 Å². The van der Waals surface area contributed by atoms with Crippen molar-refractivity contribution in [2.24, 2.45) is 0 Å². The number of anilines is 1. The third kappa shape index (κ3) is 4.49. The molecule has 10 nitrogen and oxygen atoms in total. The van der Waals surface area contributed by atoms with Crippen LogP contribution >= 0.6 is 0 Å². The van der Waals surface area contributed by atoms with Gasteiger partial charge in [0.1, 0.15) is 19.2 Å². The van der Waals surface area contributed by atoms with Crippen molar-refractivity contribution in [1.82, 2.24) is 34.5 Å². The van der Waals surface area contributed by atoms with Crippen LogP contribution in [0.15, 0.2) is 24.9 Å². The van der Waals surface area contributed by atoms with Gasteiger partial charge in [-0.25, -0.2) is 19.6 Å². The van der Waals surface area contributed by atoms with Gasteiger partial charge < -0.3 is 15.5 Å². The number of nitrogens with two attached hydrogens (primary N) is 1. The Labute approximate surface area is 144 Å². The van der Waals surface area contributed by atoms with Crippen LogP contribution in [0, 0.1) is 0 Å². The Hall–Kier alpha value is -3.04. The van der Waals surface area contributed by atoms with Crippen molar-refractivity contribution < 1.29 is 9.59 Å². The molecular weight excluding hydrogens is 324 g/mol. The highest BCUT2D eigenvalue weighted by Crippen LogP contribution is 2.07. The maximum absolute atomic E-state index is 12.3. The first-order valence-corrected chi connectivity index (χ1v) is 8.07. The van der Waals surface area contributed by atoms with Gasteiger partial charge in [-0.2, -0.15) is 0 Å². The molecule has 25 heavy (non-hydrogen) atoms. The molecule has 0 atom stereocenters. The van der Waals surface area contributed by atoms with Crippen molar-refractivity contribution in [3.63, 3.8) is 0 Å². The van der Waals surface area contributed by atoms with Crippen LogP contribution in [0.1, 0.15) is 12.1 Å². The number of piperazine rings is 1. The summed E-state index contributed by atoms with van der Waals surface area (Å²) in [6, 6.07) is 1.81. The zero-order valence-electron chi connectivity index (χ0n) is 13.8. The van der Waals surface area contributed by atoms with E-state index in [9.17, 15) is 9.59 Å². The second kappa shape index (κ2) is 7.69. The predicted octanol–water partition coefficient (Wildman–Crippen LogP) is -1.05. The third-order valence-electron chi connectivity index (χ3n) is 4.07. The number of carbonyl (C=O) groups excluding carboxylic acids is 2. The van der Waals surface area contributed by atoms with E-state index < -0.39 is 0 Å². The van der Waals surface area contributed by atoms with Crippen LogP contribution in [-0.4, -0.2) is 72.5 Å². The zero-order valence-corrected chi connectivity index (χ0v) is 13.8. The SMILES string of the molecule is Nc1ncn(CC(=O)N2CCN(C(=O)CCc3ccncn3)CC2)n1. The standard InChI is InChI=1S/C15H20N8O2/c16-15-19-11-23(20-15)9-14(25)22-7-5-21(6-8-22)13(24)2-1-12-3-4-17-10-18-12/h3-4,10-11H,1-2,5-9H2,(H2,16,20). The molecule has 2 aromatic heterocycles. The van der Waals surface area contributed by atoms with E-state index in [1.807, 2.05) is 0 Å². The molecule has 132 valence electrons. The molecule has 1 saturated heterocycles. The highest BCUT2D eigenvalue weighted by Gasteiger charge is 2.24. The number of aromatic nitrogens is 5. The van der Waals surface area contributed by atoms with E-state index in [1.54, 1.807) is 22.1 Å². The number of amides is 2. The molecule has 0 unspecified atom stereocenters. The molecule has 3 rings (SSSR count). The van der Waals surface area contributed by atoms with Crippen molar-refractivity contribution in [3.05, 3.63) is 30.6 Å². The van der Waals surface area contributed by atoms with E-state index in [4.69, 9.17) is 5.73 Å². The van der Waals surface area contributed by atoms with Crippen molar-refractivity contribution in [2.45, 2.75) is 19.4 Å². The van der Waals surface area contributed by atoms with Gasteiger partial charge in [0.05, 0.1) is 0 Å². The van der Waals surface area contributed by atoms with E-state index in [1.165, 1.54) is 17.3 Å². The van der Waals surface area contributed by atoms with Gasteiger partial charge in [0.2, 0.25) is 17.8 Å². The van der Waals surface area contributed by atoms with Gasteiger partial charge in [-0.1, -0.05) is 0 Å². The van der Waals surface area contributed by atoms with E-state index in [0.717, 1.165) is 5.69 Å². The monoisotopic (exact) mass is 344 g/mol. The minimum absolute atomic E-state index is 0.0574. The van der Waals surface area contributed by atoms with Crippen LogP contribution in [-0.2, 0) is 22.6 Å². The Morgan fingerprint density at radius 3 is 2.40 bits per heavy atom. The van der Waals surface area contributed by atoms with Crippen molar-refractivity contribution in [2.75, 3.05) is 31.9 Å². The zero-order chi connectivity index (χ0) is 17.6. The molecule has 0 bridgehead atoms. The van der Waals surface area contributed by atoms with Crippen molar-refractivity contribution in [1.29, 1.82) is 0 Å². The molecule has 0 aromatic carbocycles. The highest BCUT2D eigenvalue weighted by atomic mass is 16.2. The summed E-state index contributed by atoms with van der Waals surface area (Å²) in [4.78, 5) is 39.8. The van der Waals surface area contributed by atoms with Crippen LogP contribution in [0.25, 0.3) is 0 Å². The van der Waals surface area contributed by atoms with Gasteiger partial charge in [-0.15, -0.1) is 5.10 Å². The Morgan fingerprint density at radius 1 is 1.08 bits per heavy atom. The molecule has 2 N–H and O–H groups in total. The molecule has 10 heteroatoms.